The number of aromatic nitrogens is 1. The summed E-state index contributed by atoms with van der Waals surface area (Å²) in [7, 11) is 1.69. The molecule has 2 rings (SSSR count). The van der Waals surface area contributed by atoms with Crippen LogP contribution in [0.4, 0.5) is 0 Å². The van der Waals surface area contributed by atoms with E-state index in [1.54, 1.807) is 19.5 Å². The van der Waals surface area contributed by atoms with Gasteiger partial charge in [-0.1, -0.05) is 15.9 Å². The minimum atomic E-state index is 0. The zero-order valence-corrected chi connectivity index (χ0v) is 12.9. The van der Waals surface area contributed by atoms with Crippen LogP contribution in [0.25, 0.3) is 0 Å². The highest BCUT2D eigenvalue weighted by molar-refractivity contribution is 9.10. The van der Waals surface area contributed by atoms with Gasteiger partial charge in [-0.3, -0.25) is 4.98 Å². The summed E-state index contributed by atoms with van der Waals surface area (Å²) in [6.45, 7) is 1.59. The molecule has 0 aliphatic heterocycles. The molecule has 0 unspecified atom stereocenters. The van der Waals surface area contributed by atoms with E-state index in [1.807, 2.05) is 24.3 Å². The largest absolute Gasteiger partial charge is 1.00 e. The van der Waals surface area contributed by atoms with Gasteiger partial charge in [0, 0.05) is 35.5 Å². The normalized spacial score (nSPS) is 9.79. The monoisotopic (exact) mass is 341 g/mol. The van der Waals surface area contributed by atoms with Crippen molar-refractivity contribution < 1.29 is 17.1 Å². The summed E-state index contributed by atoms with van der Waals surface area (Å²) in [4.78, 5) is 4.00. The van der Waals surface area contributed by atoms with Crippen LogP contribution in [-0.4, -0.2) is 12.1 Å². The summed E-state index contributed by atoms with van der Waals surface area (Å²) in [5.41, 5.74) is 2.36. The molecule has 0 spiro atoms. The van der Waals surface area contributed by atoms with Gasteiger partial charge in [-0.2, -0.15) is 0 Å². The van der Waals surface area contributed by atoms with E-state index in [2.05, 4.69) is 32.3 Å². The lowest BCUT2D eigenvalue weighted by Gasteiger charge is -2.10. The third kappa shape index (κ3) is 4.82. The fourth-order valence-electron chi connectivity index (χ4n) is 1.73. The van der Waals surface area contributed by atoms with Crippen molar-refractivity contribution >= 4 is 15.9 Å². The molecule has 0 aliphatic carbocycles. The number of methoxy groups -OCH3 is 1. The first-order chi connectivity index (χ1) is 8.79. The SMILES string of the molecule is COc1ccc(Br)cc1CNCc1ccncc1.[Cl-]. The van der Waals surface area contributed by atoms with E-state index >= 15 is 0 Å². The Bertz CT molecular complexity index is 508. The lowest BCUT2D eigenvalue weighted by molar-refractivity contribution is -0.00000391. The molecule has 0 radical (unpaired) electrons. The predicted molar refractivity (Wildman–Crippen MR) is 75.5 cm³/mol. The quantitative estimate of drug-likeness (QED) is 0.840. The Morgan fingerprint density at radius 3 is 2.58 bits per heavy atom. The van der Waals surface area contributed by atoms with Gasteiger partial charge in [0.2, 0.25) is 0 Å². The van der Waals surface area contributed by atoms with Gasteiger partial charge in [-0.25, -0.2) is 0 Å². The maximum Gasteiger partial charge on any atom is 0.123 e. The predicted octanol–water partition coefficient (Wildman–Crippen LogP) is 0.146. The highest BCUT2D eigenvalue weighted by Crippen LogP contribution is 2.22. The van der Waals surface area contributed by atoms with Gasteiger partial charge in [0.25, 0.3) is 0 Å². The zero-order chi connectivity index (χ0) is 12.8. The van der Waals surface area contributed by atoms with E-state index in [0.29, 0.717) is 0 Å². The van der Waals surface area contributed by atoms with Crippen LogP contribution >= 0.6 is 15.9 Å². The maximum absolute atomic E-state index is 5.33. The van der Waals surface area contributed by atoms with Crippen molar-refractivity contribution in [3.8, 4) is 5.75 Å². The fraction of sp³-hybridized carbons (Fsp3) is 0.214. The lowest BCUT2D eigenvalue weighted by Crippen LogP contribution is -3.00. The molecule has 1 aromatic heterocycles. The van der Waals surface area contributed by atoms with Crippen LogP contribution in [0.15, 0.2) is 47.2 Å². The van der Waals surface area contributed by atoms with Gasteiger partial charge in [0.05, 0.1) is 7.11 Å². The molecule has 0 aliphatic rings. The molecular weight excluding hydrogens is 328 g/mol. The lowest BCUT2D eigenvalue weighted by atomic mass is 10.2. The van der Waals surface area contributed by atoms with Crippen molar-refractivity contribution in [3.63, 3.8) is 0 Å². The summed E-state index contributed by atoms with van der Waals surface area (Å²) in [6, 6.07) is 10.0. The van der Waals surface area contributed by atoms with Crippen molar-refractivity contribution in [2.45, 2.75) is 13.1 Å². The van der Waals surface area contributed by atoms with Crippen LogP contribution in [-0.2, 0) is 13.1 Å². The molecule has 0 saturated heterocycles. The van der Waals surface area contributed by atoms with Crippen LogP contribution in [0.2, 0.25) is 0 Å². The fourth-order valence-corrected chi connectivity index (χ4v) is 2.14. The van der Waals surface area contributed by atoms with Crippen LogP contribution in [0.3, 0.4) is 0 Å². The second-order valence-corrected chi connectivity index (χ2v) is 4.83. The van der Waals surface area contributed by atoms with Gasteiger partial charge >= 0.3 is 0 Å². The second-order valence-electron chi connectivity index (χ2n) is 3.92. The number of halogens is 2. The van der Waals surface area contributed by atoms with Gasteiger partial charge in [-0.05, 0) is 35.9 Å². The number of hydrogen-bond acceptors (Lipinski definition) is 3. The van der Waals surface area contributed by atoms with Crippen LogP contribution < -0.4 is 22.5 Å². The zero-order valence-electron chi connectivity index (χ0n) is 10.6. The first-order valence-electron chi connectivity index (χ1n) is 5.71. The Kier molecular flexibility index (Phi) is 6.84. The number of nitrogens with zero attached hydrogens (tertiary/aromatic N) is 1. The topological polar surface area (TPSA) is 34.1 Å². The van der Waals surface area contributed by atoms with Gasteiger partial charge < -0.3 is 22.5 Å². The molecule has 0 saturated carbocycles. The minimum Gasteiger partial charge on any atom is -1.00 e. The third-order valence-electron chi connectivity index (χ3n) is 2.64. The molecule has 102 valence electrons. The van der Waals surface area contributed by atoms with E-state index < -0.39 is 0 Å². The Labute approximate surface area is 127 Å². The van der Waals surface area contributed by atoms with E-state index in [0.717, 1.165) is 28.9 Å². The average molecular weight is 343 g/mol. The first-order valence-corrected chi connectivity index (χ1v) is 6.51. The van der Waals surface area contributed by atoms with E-state index in [-0.39, 0.29) is 12.4 Å². The number of pyridine rings is 1. The molecule has 0 fully saturated rings. The number of nitrogens with one attached hydrogen (secondary N) is 1. The molecule has 5 heteroatoms. The first kappa shape index (κ1) is 16.0. The summed E-state index contributed by atoms with van der Waals surface area (Å²) in [6.07, 6.45) is 3.60. The van der Waals surface area contributed by atoms with E-state index in [1.165, 1.54) is 5.56 Å². The summed E-state index contributed by atoms with van der Waals surface area (Å²) < 4.78 is 6.39. The molecular formula is C14H15BrClN2O-. The molecule has 3 nitrogen and oxygen atoms in total. The van der Waals surface area contributed by atoms with E-state index in [9.17, 15) is 0 Å². The smallest absolute Gasteiger partial charge is 0.123 e. The van der Waals surface area contributed by atoms with Crippen LogP contribution in [0.1, 0.15) is 11.1 Å². The van der Waals surface area contributed by atoms with Crippen LogP contribution in [0, 0.1) is 0 Å². The highest BCUT2D eigenvalue weighted by atomic mass is 79.9. The minimum absolute atomic E-state index is 0. The average Bonchev–Trinajstić information content (AvgIpc) is 2.40. The Morgan fingerprint density at radius 1 is 1.16 bits per heavy atom. The van der Waals surface area contributed by atoms with Crippen molar-refractivity contribution in [1.82, 2.24) is 10.3 Å². The number of hydrogen-bond donors (Lipinski definition) is 1. The maximum atomic E-state index is 5.33. The molecule has 0 bridgehead atoms. The number of benzene rings is 1. The van der Waals surface area contributed by atoms with Crippen molar-refractivity contribution in [3.05, 3.63) is 58.3 Å². The standard InChI is InChI=1S/C14H15BrN2O.ClH/c1-18-14-3-2-13(15)8-12(14)10-17-9-11-4-6-16-7-5-11;/h2-8,17H,9-10H2,1H3;1H/p-1. The van der Waals surface area contributed by atoms with Crippen molar-refractivity contribution in [2.24, 2.45) is 0 Å². The van der Waals surface area contributed by atoms with Gasteiger partial charge in [-0.15, -0.1) is 0 Å². The third-order valence-corrected chi connectivity index (χ3v) is 3.13. The van der Waals surface area contributed by atoms with Crippen molar-refractivity contribution in [1.29, 1.82) is 0 Å². The molecule has 19 heavy (non-hydrogen) atoms. The van der Waals surface area contributed by atoms with Crippen molar-refractivity contribution in [2.75, 3.05) is 7.11 Å². The molecule has 0 atom stereocenters. The summed E-state index contributed by atoms with van der Waals surface area (Å²) >= 11 is 3.47. The molecule has 1 heterocycles. The molecule has 2 aromatic rings. The summed E-state index contributed by atoms with van der Waals surface area (Å²) in [5, 5.41) is 3.39. The van der Waals surface area contributed by atoms with Crippen LogP contribution in [0.5, 0.6) is 5.75 Å². The molecule has 1 aromatic carbocycles. The highest BCUT2D eigenvalue weighted by Gasteiger charge is 2.03. The van der Waals surface area contributed by atoms with E-state index in [4.69, 9.17) is 4.74 Å². The Hall–Kier alpha value is -1.10. The number of ether oxygens (including phenoxy) is 1. The summed E-state index contributed by atoms with van der Waals surface area (Å²) in [5.74, 6) is 0.903. The van der Waals surface area contributed by atoms with Gasteiger partial charge in [0.1, 0.15) is 5.75 Å². The Balaban J connectivity index is 0.00000180. The number of rotatable bonds is 5. The molecule has 1 N–H and O–H groups in total. The Morgan fingerprint density at radius 2 is 1.89 bits per heavy atom. The molecule has 0 amide bonds. The second kappa shape index (κ2) is 8.15. The van der Waals surface area contributed by atoms with Gasteiger partial charge in [0.15, 0.2) is 0 Å².